The first-order valence-corrected chi connectivity index (χ1v) is 5.65. The molecule has 0 unspecified atom stereocenters. The molecular weight excluding hydrogens is 261 g/mol. The summed E-state index contributed by atoms with van der Waals surface area (Å²) in [5.74, 6) is -0.955. The highest BCUT2D eigenvalue weighted by Gasteiger charge is 2.09. The van der Waals surface area contributed by atoms with Gasteiger partial charge >= 0.3 is 5.97 Å². The lowest BCUT2D eigenvalue weighted by Crippen LogP contribution is -2.08. The van der Waals surface area contributed by atoms with E-state index in [1.54, 1.807) is 41.1 Å². The van der Waals surface area contributed by atoms with Gasteiger partial charge in [-0.15, -0.1) is 0 Å². The van der Waals surface area contributed by atoms with Crippen LogP contribution in [0, 0.1) is 0 Å². The largest absolute Gasteiger partial charge is 0.477 e. The molecule has 0 atom stereocenters. The number of aromatic nitrogens is 1. The number of nitrogens with zero attached hydrogens (tertiary/aromatic N) is 1. The smallest absolute Gasteiger partial charge is 0.352 e. The van der Waals surface area contributed by atoms with Crippen LogP contribution in [0.1, 0.15) is 16.1 Å². The number of carboxylic acids is 1. The normalized spacial score (nSPS) is 10.5. The molecule has 0 spiro atoms. The number of aromatic carboxylic acids is 1. The van der Waals surface area contributed by atoms with Gasteiger partial charge in [-0.3, -0.25) is 0 Å². The number of rotatable bonds is 3. The van der Waals surface area contributed by atoms with Gasteiger partial charge in [0.05, 0.1) is 0 Å². The molecule has 1 aromatic carbocycles. The fourth-order valence-electron chi connectivity index (χ4n) is 1.65. The summed E-state index contributed by atoms with van der Waals surface area (Å²) in [5.41, 5.74) is 1.10. The van der Waals surface area contributed by atoms with Gasteiger partial charge in [-0.05, 0) is 35.9 Å². The minimum atomic E-state index is -0.955. The summed E-state index contributed by atoms with van der Waals surface area (Å²) in [6.07, 6.45) is 1.71. The summed E-state index contributed by atoms with van der Waals surface area (Å²) in [6, 6.07) is 8.41. The minimum absolute atomic E-state index is 0.237. The zero-order valence-corrected chi connectivity index (χ0v) is 10.2. The Bertz CT molecular complexity index is 543. The second kappa shape index (κ2) is 4.82. The van der Waals surface area contributed by atoms with Gasteiger partial charge in [-0.1, -0.05) is 23.2 Å². The molecule has 17 heavy (non-hydrogen) atoms. The number of carboxylic acid groups (broad SMARTS) is 1. The molecule has 0 bridgehead atoms. The summed E-state index contributed by atoms with van der Waals surface area (Å²) in [6.45, 7) is 0.426. The van der Waals surface area contributed by atoms with Crippen LogP contribution in [0.5, 0.6) is 0 Å². The van der Waals surface area contributed by atoms with E-state index in [1.165, 1.54) is 0 Å². The lowest BCUT2D eigenvalue weighted by molar-refractivity contribution is 0.0685. The maximum atomic E-state index is 10.9. The Balaban J connectivity index is 2.31. The van der Waals surface area contributed by atoms with Crippen LogP contribution in [0.25, 0.3) is 0 Å². The van der Waals surface area contributed by atoms with Gasteiger partial charge in [0.2, 0.25) is 0 Å². The fourth-order valence-corrected chi connectivity index (χ4v) is 2.22. The molecule has 0 aliphatic rings. The van der Waals surface area contributed by atoms with Crippen LogP contribution < -0.4 is 0 Å². The zero-order valence-electron chi connectivity index (χ0n) is 8.73. The second-order valence-corrected chi connectivity index (χ2v) is 4.48. The summed E-state index contributed by atoms with van der Waals surface area (Å²) in [7, 11) is 0. The number of benzene rings is 1. The van der Waals surface area contributed by atoms with Crippen molar-refractivity contribution in [3.05, 3.63) is 57.8 Å². The molecule has 1 heterocycles. The summed E-state index contributed by atoms with van der Waals surface area (Å²) < 4.78 is 1.63. The number of carbonyl (C=O) groups is 1. The molecule has 5 heteroatoms. The molecule has 0 saturated carbocycles. The van der Waals surface area contributed by atoms with Crippen LogP contribution in [0.4, 0.5) is 0 Å². The van der Waals surface area contributed by atoms with Crippen LogP contribution in [0.2, 0.25) is 10.0 Å². The van der Waals surface area contributed by atoms with Crippen molar-refractivity contribution in [3.63, 3.8) is 0 Å². The van der Waals surface area contributed by atoms with Gasteiger partial charge in [0, 0.05) is 22.8 Å². The van der Waals surface area contributed by atoms with Crippen LogP contribution in [-0.2, 0) is 6.54 Å². The summed E-state index contributed by atoms with van der Waals surface area (Å²) in [4.78, 5) is 10.9. The lowest BCUT2D eigenvalue weighted by atomic mass is 10.2. The summed E-state index contributed by atoms with van der Waals surface area (Å²) in [5, 5.41) is 10.0. The molecular formula is C12H9Cl2NO2. The van der Waals surface area contributed by atoms with E-state index in [9.17, 15) is 4.79 Å². The highest BCUT2D eigenvalue weighted by Crippen LogP contribution is 2.20. The van der Waals surface area contributed by atoms with E-state index in [1.807, 2.05) is 0 Å². The molecule has 0 saturated heterocycles. The highest BCUT2D eigenvalue weighted by atomic mass is 35.5. The van der Waals surface area contributed by atoms with Crippen molar-refractivity contribution < 1.29 is 9.90 Å². The highest BCUT2D eigenvalue weighted by molar-refractivity contribution is 6.34. The Morgan fingerprint density at radius 1 is 1.24 bits per heavy atom. The molecule has 0 amide bonds. The second-order valence-electron chi connectivity index (χ2n) is 3.60. The van der Waals surface area contributed by atoms with Crippen molar-refractivity contribution in [1.82, 2.24) is 4.57 Å². The third-order valence-electron chi connectivity index (χ3n) is 2.32. The Morgan fingerprint density at radius 3 is 2.47 bits per heavy atom. The van der Waals surface area contributed by atoms with E-state index in [0.29, 0.717) is 16.6 Å². The van der Waals surface area contributed by atoms with Crippen LogP contribution in [0.3, 0.4) is 0 Å². The van der Waals surface area contributed by atoms with Crippen molar-refractivity contribution in [2.45, 2.75) is 6.54 Å². The number of hydrogen-bond donors (Lipinski definition) is 1. The monoisotopic (exact) mass is 269 g/mol. The van der Waals surface area contributed by atoms with Gasteiger partial charge < -0.3 is 9.67 Å². The third kappa shape index (κ3) is 2.81. The van der Waals surface area contributed by atoms with Gasteiger partial charge in [-0.25, -0.2) is 4.79 Å². The zero-order chi connectivity index (χ0) is 12.4. The molecule has 0 aliphatic heterocycles. The molecule has 2 aromatic rings. The van der Waals surface area contributed by atoms with Gasteiger partial charge in [0.15, 0.2) is 0 Å². The molecule has 3 nitrogen and oxygen atoms in total. The van der Waals surface area contributed by atoms with Crippen LogP contribution in [-0.4, -0.2) is 15.6 Å². The van der Waals surface area contributed by atoms with E-state index >= 15 is 0 Å². The molecule has 0 radical (unpaired) electrons. The van der Waals surface area contributed by atoms with Gasteiger partial charge in [0.25, 0.3) is 0 Å². The molecule has 0 fully saturated rings. The average molecular weight is 270 g/mol. The van der Waals surface area contributed by atoms with Gasteiger partial charge in [-0.2, -0.15) is 0 Å². The molecule has 2 rings (SSSR count). The minimum Gasteiger partial charge on any atom is -0.477 e. The summed E-state index contributed by atoms with van der Waals surface area (Å²) >= 11 is 11.8. The van der Waals surface area contributed by atoms with Crippen LogP contribution in [0.15, 0.2) is 36.5 Å². The van der Waals surface area contributed by atoms with E-state index in [2.05, 4.69) is 0 Å². The Hall–Kier alpha value is -1.45. The lowest BCUT2D eigenvalue weighted by Gasteiger charge is -2.07. The first-order chi connectivity index (χ1) is 8.06. The van der Waals surface area contributed by atoms with E-state index in [4.69, 9.17) is 28.3 Å². The first kappa shape index (κ1) is 12.0. The number of halogens is 2. The van der Waals surface area contributed by atoms with Crippen molar-refractivity contribution in [1.29, 1.82) is 0 Å². The van der Waals surface area contributed by atoms with Crippen molar-refractivity contribution in [3.8, 4) is 0 Å². The maximum Gasteiger partial charge on any atom is 0.352 e. The maximum absolute atomic E-state index is 10.9. The predicted molar refractivity (Wildman–Crippen MR) is 67.0 cm³/mol. The molecule has 1 N–H and O–H groups in total. The topological polar surface area (TPSA) is 42.2 Å². The Labute approximate surface area is 108 Å². The van der Waals surface area contributed by atoms with Crippen molar-refractivity contribution in [2.24, 2.45) is 0 Å². The predicted octanol–water partition coefficient (Wildman–Crippen LogP) is 3.54. The standard InChI is InChI=1S/C12H9Cl2NO2/c13-9-4-8(5-10(14)6-9)7-15-3-1-2-11(15)12(16)17/h1-6H,7H2,(H,16,17). The average Bonchev–Trinajstić information content (AvgIpc) is 2.63. The first-order valence-electron chi connectivity index (χ1n) is 4.89. The van der Waals surface area contributed by atoms with E-state index in [0.717, 1.165) is 5.56 Å². The molecule has 0 aliphatic carbocycles. The molecule has 88 valence electrons. The van der Waals surface area contributed by atoms with E-state index < -0.39 is 5.97 Å². The van der Waals surface area contributed by atoms with Crippen molar-refractivity contribution in [2.75, 3.05) is 0 Å². The van der Waals surface area contributed by atoms with Crippen LogP contribution >= 0.6 is 23.2 Å². The van der Waals surface area contributed by atoms with Crippen molar-refractivity contribution >= 4 is 29.2 Å². The van der Waals surface area contributed by atoms with Gasteiger partial charge in [0.1, 0.15) is 5.69 Å². The Morgan fingerprint density at radius 2 is 1.88 bits per heavy atom. The quantitative estimate of drug-likeness (QED) is 0.926. The third-order valence-corrected chi connectivity index (χ3v) is 2.76. The number of hydrogen-bond acceptors (Lipinski definition) is 1. The Kier molecular flexibility index (Phi) is 3.41. The van der Waals surface area contributed by atoms with E-state index in [-0.39, 0.29) is 5.69 Å². The SMILES string of the molecule is O=C(O)c1cccn1Cc1cc(Cl)cc(Cl)c1. The fraction of sp³-hybridized carbons (Fsp3) is 0.0833. The molecule has 1 aromatic heterocycles.